The highest BCUT2D eigenvalue weighted by molar-refractivity contribution is 9.09. The summed E-state index contributed by atoms with van der Waals surface area (Å²) in [6.45, 7) is 2.62. The number of ketones is 1. The van der Waals surface area contributed by atoms with Gasteiger partial charge in [-0.15, -0.1) is 0 Å². The number of aliphatic hydroxyl groups is 1. The van der Waals surface area contributed by atoms with E-state index in [9.17, 15) is 9.90 Å². The predicted molar refractivity (Wildman–Crippen MR) is 107 cm³/mol. The van der Waals surface area contributed by atoms with Crippen LogP contribution >= 0.6 is 15.9 Å². The molecule has 4 aliphatic carbocycles. The van der Waals surface area contributed by atoms with Gasteiger partial charge in [-0.25, -0.2) is 4.39 Å². The lowest BCUT2D eigenvalue weighted by Crippen LogP contribution is -2.59. The zero-order chi connectivity index (χ0) is 19.4. The summed E-state index contributed by atoms with van der Waals surface area (Å²) in [6, 6.07) is 0. The van der Waals surface area contributed by atoms with Crippen LogP contribution < -0.4 is 0 Å². The van der Waals surface area contributed by atoms with Crippen LogP contribution in [0.15, 0.2) is 0 Å². The number of hydrogen-bond donors (Lipinski definition) is 1. The van der Waals surface area contributed by atoms with Gasteiger partial charge in [-0.1, -0.05) is 22.9 Å². The number of halogens is 2. The number of carbonyl (C=O) groups is 1. The Morgan fingerprint density at radius 3 is 2.63 bits per heavy atom. The maximum atomic E-state index is 16.4. The molecule has 0 radical (unpaired) electrons. The first kappa shape index (κ1) is 20.3. The van der Waals surface area contributed by atoms with Crippen LogP contribution in [0.1, 0.15) is 64.7 Å². The maximum Gasteiger partial charge on any atom is 0.147 e. The van der Waals surface area contributed by atoms with Crippen LogP contribution in [0.5, 0.6) is 0 Å². The van der Waals surface area contributed by atoms with Gasteiger partial charge in [-0.2, -0.15) is 0 Å². The van der Waals surface area contributed by atoms with E-state index in [-0.39, 0.29) is 23.2 Å². The highest BCUT2D eigenvalue weighted by Gasteiger charge is 2.64. The van der Waals surface area contributed by atoms with E-state index in [0.29, 0.717) is 48.8 Å². The van der Waals surface area contributed by atoms with E-state index in [4.69, 9.17) is 4.74 Å². The molecule has 3 nitrogen and oxygen atoms in total. The second-order valence-corrected chi connectivity index (χ2v) is 10.8. The van der Waals surface area contributed by atoms with Crippen molar-refractivity contribution in [1.29, 1.82) is 0 Å². The van der Waals surface area contributed by atoms with E-state index >= 15 is 4.39 Å². The van der Waals surface area contributed by atoms with E-state index in [1.165, 1.54) is 0 Å². The highest BCUT2D eigenvalue weighted by Crippen LogP contribution is 2.66. The minimum Gasteiger partial charge on any atom is -0.387 e. The largest absolute Gasteiger partial charge is 0.387 e. The van der Waals surface area contributed by atoms with Crippen molar-refractivity contribution in [3.8, 4) is 0 Å². The second-order valence-electron chi connectivity index (χ2n) is 10.2. The summed E-state index contributed by atoms with van der Waals surface area (Å²) in [5.41, 5.74) is -1.94. The van der Waals surface area contributed by atoms with Gasteiger partial charge in [0.2, 0.25) is 0 Å². The molecule has 4 aliphatic rings. The van der Waals surface area contributed by atoms with Crippen LogP contribution in [-0.2, 0) is 9.53 Å². The van der Waals surface area contributed by atoms with Crippen molar-refractivity contribution < 1.29 is 19.0 Å². The Kier molecular flexibility index (Phi) is 5.30. The number of methoxy groups -OCH3 is 1. The number of hydrogen-bond acceptors (Lipinski definition) is 3. The number of Topliss-reactive ketones (excluding diaryl/α,β-unsaturated/α-hetero) is 1. The summed E-state index contributed by atoms with van der Waals surface area (Å²) < 4.78 is 21.6. The Morgan fingerprint density at radius 1 is 1.15 bits per heavy atom. The normalized spacial score (nSPS) is 52.0. The fourth-order valence-corrected chi connectivity index (χ4v) is 8.28. The van der Waals surface area contributed by atoms with Gasteiger partial charge in [0.25, 0.3) is 0 Å². The molecule has 4 rings (SSSR count). The summed E-state index contributed by atoms with van der Waals surface area (Å²) in [7, 11) is 1.61. The monoisotopic (exact) mass is 444 g/mol. The zero-order valence-electron chi connectivity index (χ0n) is 16.7. The van der Waals surface area contributed by atoms with Gasteiger partial charge in [0.1, 0.15) is 11.5 Å². The lowest BCUT2D eigenvalue weighted by atomic mass is 9.47. The zero-order valence-corrected chi connectivity index (χ0v) is 18.3. The molecule has 1 N–H and O–H groups in total. The van der Waals surface area contributed by atoms with Gasteiger partial charge in [-0.05, 0) is 86.9 Å². The topological polar surface area (TPSA) is 46.5 Å². The maximum absolute atomic E-state index is 16.4. The SMILES string of the molecule is COC[C@@]1(O)CC[C@@]2(F)[C@H](CC[C@H]3[C@@H]4CC[C@H](C(=O)CBr)[C@@]4(C)CC[C@@H]32)C1. The van der Waals surface area contributed by atoms with Crippen molar-refractivity contribution in [2.75, 3.05) is 19.0 Å². The first-order valence-electron chi connectivity index (χ1n) is 10.8. The summed E-state index contributed by atoms with van der Waals surface area (Å²) in [6.07, 6.45) is 7.36. The van der Waals surface area contributed by atoms with Crippen LogP contribution in [0.3, 0.4) is 0 Å². The van der Waals surface area contributed by atoms with E-state index in [0.717, 1.165) is 38.5 Å². The summed E-state index contributed by atoms with van der Waals surface area (Å²) in [4.78, 5) is 12.5. The molecule has 0 saturated heterocycles. The number of fused-ring (bicyclic) bond motifs is 5. The van der Waals surface area contributed by atoms with Gasteiger partial charge >= 0.3 is 0 Å². The standard InChI is InChI=1S/C22H34BrFO3/c1-20-8-7-17-15(16(20)5-6-18(20)19(25)12-23)4-3-14-11-21(26,13-27-2)9-10-22(14,17)24/h14-18,26H,3-13H2,1-2H3/t14-,15+,16+,17+,18-,20+,21-,22-/m1/s1. The van der Waals surface area contributed by atoms with Gasteiger partial charge in [-0.3, -0.25) is 4.79 Å². The predicted octanol–water partition coefficient (Wildman–Crippen LogP) is 4.69. The Balaban J connectivity index is 1.55. The molecule has 0 aromatic heterocycles. The van der Waals surface area contributed by atoms with Crippen LogP contribution in [-0.4, -0.2) is 41.2 Å². The third-order valence-electron chi connectivity index (χ3n) is 9.11. The van der Waals surface area contributed by atoms with Crippen molar-refractivity contribution in [1.82, 2.24) is 0 Å². The van der Waals surface area contributed by atoms with Crippen LogP contribution in [0.25, 0.3) is 0 Å². The molecular weight excluding hydrogens is 411 g/mol. The van der Waals surface area contributed by atoms with Crippen molar-refractivity contribution >= 4 is 21.7 Å². The first-order chi connectivity index (χ1) is 12.8. The molecule has 0 amide bonds. The molecule has 4 saturated carbocycles. The molecule has 0 aromatic carbocycles. The van der Waals surface area contributed by atoms with Gasteiger partial charge in [0, 0.05) is 13.0 Å². The Morgan fingerprint density at radius 2 is 1.93 bits per heavy atom. The number of rotatable bonds is 4. The molecule has 5 heteroatoms. The second kappa shape index (κ2) is 7.05. The summed E-state index contributed by atoms with van der Waals surface area (Å²) >= 11 is 3.37. The molecule has 0 bridgehead atoms. The Hall–Kier alpha value is -0.0000000000000000555. The Bertz CT molecular complexity index is 600. The highest BCUT2D eigenvalue weighted by atomic mass is 79.9. The molecule has 0 aromatic rings. The third-order valence-corrected chi connectivity index (χ3v) is 9.67. The van der Waals surface area contributed by atoms with Crippen molar-refractivity contribution in [2.24, 2.45) is 35.0 Å². The third kappa shape index (κ3) is 3.06. The van der Waals surface area contributed by atoms with Crippen molar-refractivity contribution in [3.05, 3.63) is 0 Å². The fraction of sp³-hybridized carbons (Fsp3) is 0.955. The van der Waals surface area contributed by atoms with Crippen LogP contribution in [0.4, 0.5) is 4.39 Å². The molecule has 0 spiro atoms. The molecule has 4 fully saturated rings. The van der Waals surface area contributed by atoms with Crippen molar-refractivity contribution in [3.63, 3.8) is 0 Å². The van der Waals surface area contributed by atoms with Gasteiger partial charge in [0.15, 0.2) is 0 Å². The molecule has 8 atom stereocenters. The van der Waals surface area contributed by atoms with Gasteiger partial charge < -0.3 is 9.84 Å². The summed E-state index contributed by atoms with van der Waals surface area (Å²) in [5, 5.41) is 11.2. The van der Waals surface area contributed by atoms with E-state index in [1.54, 1.807) is 7.11 Å². The lowest BCUT2D eigenvalue weighted by Gasteiger charge is -2.59. The fourth-order valence-electron chi connectivity index (χ4n) is 7.89. The molecule has 154 valence electrons. The van der Waals surface area contributed by atoms with Gasteiger partial charge in [0.05, 0.1) is 17.5 Å². The van der Waals surface area contributed by atoms with E-state index in [1.807, 2.05) is 0 Å². The minimum atomic E-state index is -1.14. The number of alkyl halides is 2. The van der Waals surface area contributed by atoms with Crippen LogP contribution in [0, 0.1) is 35.0 Å². The molecular formula is C22H34BrFO3. The average molecular weight is 445 g/mol. The van der Waals surface area contributed by atoms with E-state index < -0.39 is 11.3 Å². The molecule has 0 aliphatic heterocycles. The molecule has 0 heterocycles. The Labute approximate surface area is 170 Å². The number of ether oxygens (including phenoxy) is 1. The first-order valence-corrected chi connectivity index (χ1v) is 11.9. The van der Waals surface area contributed by atoms with Crippen molar-refractivity contribution in [2.45, 2.75) is 76.0 Å². The van der Waals surface area contributed by atoms with Crippen LogP contribution in [0.2, 0.25) is 0 Å². The van der Waals surface area contributed by atoms with E-state index in [2.05, 4.69) is 22.9 Å². The quantitative estimate of drug-likeness (QED) is 0.639. The number of carbonyl (C=O) groups excluding carboxylic acids is 1. The molecule has 27 heavy (non-hydrogen) atoms. The smallest absolute Gasteiger partial charge is 0.147 e. The molecule has 0 unspecified atom stereocenters. The minimum absolute atomic E-state index is 0.0432. The average Bonchev–Trinajstić information content (AvgIpc) is 2.99. The summed E-state index contributed by atoms with van der Waals surface area (Å²) in [5.74, 6) is 1.45. The lowest BCUT2D eigenvalue weighted by molar-refractivity contribution is -0.177.